The third kappa shape index (κ3) is 3.50. The highest BCUT2D eigenvalue weighted by Gasteiger charge is 2.41. The van der Waals surface area contributed by atoms with Crippen molar-refractivity contribution in [3.63, 3.8) is 0 Å². The largest absolute Gasteiger partial charge is 0.350 e. The Kier molecular flexibility index (Phi) is 4.96. The molecule has 3 aromatic rings. The van der Waals surface area contributed by atoms with Crippen molar-refractivity contribution >= 4 is 28.8 Å². The molecule has 4 rings (SSSR count). The number of carbonyl (C=O) groups excluding carboxylic acids is 2. The first kappa shape index (κ1) is 19.6. The number of hydrogen-bond acceptors (Lipinski definition) is 3. The number of nitrogens with one attached hydrogen (secondary N) is 1. The van der Waals surface area contributed by atoms with Gasteiger partial charge < -0.3 is 5.32 Å². The van der Waals surface area contributed by atoms with Gasteiger partial charge in [0.2, 0.25) is 0 Å². The lowest BCUT2D eigenvalue weighted by molar-refractivity contribution is -0.120. The Balaban J connectivity index is 1.86. The third-order valence-electron chi connectivity index (χ3n) is 5.01. The van der Waals surface area contributed by atoms with Crippen LogP contribution in [-0.2, 0) is 9.59 Å². The molecule has 150 valence electrons. The number of rotatable bonds is 4. The van der Waals surface area contributed by atoms with Crippen LogP contribution in [0.1, 0.15) is 22.3 Å². The van der Waals surface area contributed by atoms with Crippen LogP contribution in [-0.4, -0.2) is 11.8 Å². The van der Waals surface area contributed by atoms with Crippen molar-refractivity contribution in [3.05, 3.63) is 100 Å². The molecule has 0 fully saturated rings. The summed E-state index contributed by atoms with van der Waals surface area (Å²) >= 11 is 0. The maximum Gasteiger partial charge on any atom is 0.282 e. The van der Waals surface area contributed by atoms with Crippen LogP contribution in [0.25, 0.3) is 5.57 Å². The van der Waals surface area contributed by atoms with E-state index in [1.54, 1.807) is 18.2 Å². The average Bonchev–Trinajstić information content (AvgIpc) is 2.92. The second-order valence-electron chi connectivity index (χ2n) is 7.51. The molecule has 0 atom stereocenters. The van der Waals surface area contributed by atoms with Crippen molar-refractivity contribution < 1.29 is 14.0 Å². The van der Waals surface area contributed by atoms with E-state index in [1.165, 1.54) is 18.2 Å². The SMILES string of the molecule is Cc1ccc(C2=C(Nc3cc(C)cc(C)c3)C(=O)N(c3ccccc3F)C2=O)cc1. The van der Waals surface area contributed by atoms with Crippen molar-refractivity contribution in [1.29, 1.82) is 0 Å². The van der Waals surface area contributed by atoms with Crippen molar-refractivity contribution in [2.24, 2.45) is 0 Å². The fraction of sp³-hybridized carbons (Fsp3) is 0.120. The van der Waals surface area contributed by atoms with Gasteiger partial charge in [-0.25, -0.2) is 9.29 Å². The summed E-state index contributed by atoms with van der Waals surface area (Å²) in [7, 11) is 0. The second-order valence-corrected chi connectivity index (χ2v) is 7.51. The minimum Gasteiger partial charge on any atom is -0.350 e. The van der Waals surface area contributed by atoms with E-state index < -0.39 is 17.6 Å². The minimum atomic E-state index is -0.630. The summed E-state index contributed by atoms with van der Waals surface area (Å²) in [5.41, 5.74) is 4.68. The van der Waals surface area contributed by atoms with Crippen LogP contribution in [0.5, 0.6) is 0 Å². The molecule has 30 heavy (non-hydrogen) atoms. The summed E-state index contributed by atoms with van der Waals surface area (Å²) in [6.07, 6.45) is 0. The van der Waals surface area contributed by atoms with Gasteiger partial charge in [-0.3, -0.25) is 9.59 Å². The monoisotopic (exact) mass is 400 g/mol. The van der Waals surface area contributed by atoms with Gasteiger partial charge in [0.1, 0.15) is 11.5 Å². The molecule has 1 aliphatic heterocycles. The number of hydrogen-bond donors (Lipinski definition) is 1. The second kappa shape index (κ2) is 7.59. The Morgan fingerprint density at radius 3 is 2.03 bits per heavy atom. The molecule has 0 aromatic heterocycles. The van der Waals surface area contributed by atoms with E-state index in [2.05, 4.69) is 5.32 Å². The smallest absolute Gasteiger partial charge is 0.282 e. The zero-order chi connectivity index (χ0) is 21.4. The highest BCUT2D eigenvalue weighted by molar-refractivity contribution is 6.46. The summed E-state index contributed by atoms with van der Waals surface area (Å²) in [5.74, 6) is -1.77. The molecule has 1 N–H and O–H groups in total. The number of benzene rings is 3. The number of aryl methyl sites for hydroxylation is 3. The van der Waals surface area contributed by atoms with E-state index in [-0.39, 0.29) is 17.0 Å². The van der Waals surface area contributed by atoms with Crippen molar-refractivity contribution in [3.8, 4) is 0 Å². The molecular formula is C25H21FN2O2. The van der Waals surface area contributed by atoms with E-state index >= 15 is 0 Å². The van der Waals surface area contributed by atoms with Crippen LogP contribution in [0.15, 0.2) is 72.4 Å². The van der Waals surface area contributed by atoms with Gasteiger partial charge in [-0.1, -0.05) is 48.0 Å². The van der Waals surface area contributed by atoms with Gasteiger partial charge in [0, 0.05) is 5.69 Å². The first-order valence-corrected chi connectivity index (χ1v) is 9.65. The van der Waals surface area contributed by atoms with E-state index in [9.17, 15) is 14.0 Å². The molecule has 0 saturated heterocycles. The molecule has 1 heterocycles. The Morgan fingerprint density at radius 1 is 0.767 bits per heavy atom. The van der Waals surface area contributed by atoms with Crippen LogP contribution in [0, 0.1) is 26.6 Å². The van der Waals surface area contributed by atoms with Gasteiger partial charge in [-0.2, -0.15) is 0 Å². The Bertz CT molecular complexity index is 1180. The van der Waals surface area contributed by atoms with Gasteiger partial charge in [0.15, 0.2) is 0 Å². The van der Waals surface area contributed by atoms with Gasteiger partial charge in [0.05, 0.1) is 11.3 Å². The third-order valence-corrected chi connectivity index (χ3v) is 5.01. The average molecular weight is 400 g/mol. The van der Waals surface area contributed by atoms with E-state index in [0.717, 1.165) is 21.6 Å². The minimum absolute atomic E-state index is 0.0608. The van der Waals surface area contributed by atoms with Crippen molar-refractivity contribution in [2.45, 2.75) is 20.8 Å². The number of halogens is 1. The number of para-hydroxylation sites is 1. The van der Waals surface area contributed by atoms with E-state index in [0.29, 0.717) is 11.3 Å². The first-order valence-electron chi connectivity index (χ1n) is 9.65. The maximum atomic E-state index is 14.4. The Labute approximate surface area is 174 Å². The van der Waals surface area contributed by atoms with Gasteiger partial charge >= 0.3 is 0 Å². The van der Waals surface area contributed by atoms with Crippen molar-refractivity contribution in [2.75, 3.05) is 10.2 Å². The summed E-state index contributed by atoms with van der Waals surface area (Å²) < 4.78 is 14.4. The lowest BCUT2D eigenvalue weighted by Crippen LogP contribution is -2.33. The maximum absolute atomic E-state index is 14.4. The highest BCUT2D eigenvalue weighted by atomic mass is 19.1. The molecular weight excluding hydrogens is 379 g/mol. The summed E-state index contributed by atoms with van der Waals surface area (Å²) in [5, 5.41) is 3.13. The van der Waals surface area contributed by atoms with Gasteiger partial charge in [0.25, 0.3) is 11.8 Å². The molecule has 0 bridgehead atoms. The number of nitrogens with zero attached hydrogens (tertiary/aromatic N) is 1. The quantitative estimate of drug-likeness (QED) is 0.617. The topological polar surface area (TPSA) is 49.4 Å². The number of anilines is 2. The molecule has 0 unspecified atom stereocenters. The van der Waals surface area contributed by atoms with Crippen LogP contribution < -0.4 is 10.2 Å². The molecule has 4 nitrogen and oxygen atoms in total. The first-order chi connectivity index (χ1) is 14.3. The summed E-state index contributed by atoms with van der Waals surface area (Å²) in [6, 6.07) is 18.9. The van der Waals surface area contributed by atoms with Crippen molar-refractivity contribution in [1.82, 2.24) is 0 Å². The summed E-state index contributed by atoms with van der Waals surface area (Å²) in [4.78, 5) is 27.5. The molecule has 1 aliphatic rings. The van der Waals surface area contributed by atoms with E-state index in [1.807, 2.05) is 51.1 Å². The normalized spacial score (nSPS) is 13.9. The molecule has 0 spiro atoms. The zero-order valence-electron chi connectivity index (χ0n) is 17.0. The summed E-state index contributed by atoms with van der Waals surface area (Å²) in [6.45, 7) is 5.86. The Hall–Kier alpha value is -3.73. The lowest BCUT2D eigenvalue weighted by atomic mass is 10.0. The van der Waals surface area contributed by atoms with Crippen LogP contribution >= 0.6 is 0 Å². The molecule has 0 aliphatic carbocycles. The number of carbonyl (C=O) groups is 2. The zero-order valence-corrected chi connectivity index (χ0v) is 17.0. The van der Waals surface area contributed by atoms with Crippen LogP contribution in [0.4, 0.5) is 15.8 Å². The van der Waals surface area contributed by atoms with Gasteiger partial charge in [-0.15, -0.1) is 0 Å². The Morgan fingerprint density at radius 2 is 1.40 bits per heavy atom. The molecule has 5 heteroatoms. The fourth-order valence-corrected chi connectivity index (χ4v) is 3.68. The number of amides is 2. The molecule has 0 radical (unpaired) electrons. The predicted molar refractivity (Wildman–Crippen MR) is 117 cm³/mol. The lowest BCUT2D eigenvalue weighted by Gasteiger charge is -2.16. The predicted octanol–water partition coefficient (Wildman–Crippen LogP) is 5.15. The van der Waals surface area contributed by atoms with Crippen LogP contribution in [0.3, 0.4) is 0 Å². The molecule has 0 saturated carbocycles. The number of imide groups is 1. The molecule has 3 aromatic carbocycles. The van der Waals surface area contributed by atoms with E-state index in [4.69, 9.17) is 0 Å². The highest BCUT2D eigenvalue weighted by Crippen LogP contribution is 2.35. The molecule has 2 amide bonds. The standard InChI is InChI=1S/C25H21FN2O2/c1-15-8-10-18(11-9-15)22-23(27-19-13-16(2)12-17(3)14-19)25(30)28(24(22)29)21-7-5-4-6-20(21)26/h4-14,27H,1-3H3. The van der Waals surface area contributed by atoms with Gasteiger partial charge in [-0.05, 0) is 61.7 Å². The fourth-order valence-electron chi connectivity index (χ4n) is 3.68. The van der Waals surface area contributed by atoms with Crippen LogP contribution in [0.2, 0.25) is 0 Å².